The second-order valence-electron chi connectivity index (χ2n) is 10.6. The molecule has 2 aromatic heterocycles. The predicted octanol–water partition coefficient (Wildman–Crippen LogP) is 6.27. The van der Waals surface area contributed by atoms with Gasteiger partial charge in [0.05, 0.1) is 23.3 Å². The molecule has 0 bridgehead atoms. The number of nitrogens with zero attached hydrogens (tertiary/aromatic N) is 2. The zero-order valence-corrected chi connectivity index (χ0v) is 24.1. The number of fused-ring (bicyclic) bond motifs is 1. The van der Waals surface area contributed by atoms with Crippen LogP contribution in [0.1, 0.15) is 64.3 Å². The highest BCUT2D eigenvalue weighted by Gasteiger charge is 2.28. The van der Waals surface area contributed by atoms with Crippen LogP contribution in [-0.4, -0.2) is 32.6 Å². The molecule has 0 saturated heterocycles. The Kier molecular flexibility index (Phi) is 8.93. The Hall–Kier alpha value is -4.80. The lowest BCUT2D eigenvalue weighted by Gasteiger charge is -2.30. The van der Waals surface area contributed by atoms with Crippen molar-refractivity contribution in [1.29, 1.82) is 0 Å². The second-order valence-corrected chi connectivity index (χ2v) is 10.6. The van der Waals surface area contributed by atoms with Gasteiger partial charge in [-0.2, -0.15) is 0 Å². The molecule has 226 valence electrons. The van der Waals surface area contributed by atoms with Crippen molar-refractivity contribution in [3.05, 3.63) is 125 Å². The van der Waals surface area contributed by atoms with Gasteiger partial charge in [-0.15, -0.1) is 0 Å². The van der Waals surface area contributed by atoms with E-state index in [1.54, 1.807) is 18.3 Å². The molecular weight excluding hydrogens is 569 g/mol. The number of aliphatic hydroxyl groups excluding tert-OH is 1. The van der Waals surface area contributed by atoms with E-state index in [4.69, 9.17) is 5.73 Å². The number of pyridine rings is 1. The molecule has 10 heteroatoms. The monoisotopic (exact) mass is 600 g/mol. The number of amides is 1. The first-order valence-corrected chi connectivity index (χ1v) is 14.1. The Morgan fingerprint density at radius 1 is 0.977 bits per heavy atom. The van der Waals surface area contributed by atoms with Crippen LogP contribution in [0.15, 0.2) is 85.2 Å². The highest BCUT2D eigenvalue weighted by Crippen LogP contribution is 2.33. The third-order valence-electron chi connectivity index (χ3n) is 7.71. The Balaban J connectivity index is 1.59. The Labute approximate surface area is 252 Å². The average Bonchev–Trinajstić information content (AvgIpc) is 3.37. The fourth-order valence-electron chi connectivity index (χ4n) is 5.67. The number of aliphatic hydroxyl groups is 1. The lowest BCUT2D eigenvalue weighted by molar-refractivity contribution is 0.0661. The molecule has 3 aromatic carbocycles. The largest absolute Gasteiger partial charge is 0.376 e. The van der Waals surface area contributed by atoms with Gasteiger partial charge in [0.2, 0.25) is 0 Å². The topological polar surface area (TPSA) is 110 Å². The van der Waals surface area contributed by atoms with Crippen LogP contribution in [0.5, 0.6) is 0 Å². The quantitative estimate of drug-likeness (QED) is 0.122. The second kappa shape index (κ2) is 12.8. The summed E-state index contributed by atoms with van der Waals surface area (Å²) >= 11 is 0. The van der Waals surface area contributed by atoms with Crippen molar-refractivity contribution < 1.29 is 27.9 Å². The number of hydrogen-bond donors (Lipinski definition) is 3. The molecule has 5 aromatic rings. The molecule has 0 spiro atoms. The standard InChI is InChI=1S/C34H31F3N4O3/c1-3-30(41-18-27(19(2)42)25-7-4-5-9-31(25)41)34(44)40-29(15-20-13-22(35)17-23(36)14-20)32-24(8-6-12-39-32)21-10-11-28(37)26(16-21)33(38)43/h4-14,16-18,29-30,34,40,44H,3,15H2,1-2H3,(H2,38,43)/t29-,30?,34?/m0/s1. The van der Waals surface area contributed by atoms with Gasteiger partial charge < -0.3 is 15.4 Å². The summed E-state index contributed by atoms with van der Waals surface area (Å²) in [6.45, 7) is 3.38. The molecular formula is C34H31F3N4O3. The highest BCUT2D eigenvalue weighted by molar-refractivity contribution is 6.07. The van der Waals surface area contributed by atoms with E-state index in [2.05, 4.69) is 10.3 Å². The number of aromatic nitrogens is 2. The number of halogens is 3. The first kappa shape index (κ1) is 30.7. The van der Waals surface area contributed by atoms with Crippen molar-refractivity contribution in [2.24, 2.45) is 5.73 Å². The number of benzene rings is 3. The first-order valence-electron chi connectivity index (χ1n) is 14.1. The Morgan fingerprint density at radius 3 is 2.39 bits per heavy atom. The summed E-state index contributed by atoms with van der Waals surface area (Å²) in [5, 5.41) is 15.7. The summed E-state index contributed by atoms with van der Waals surface area (Å²) in [6.07, 6.45) is 2.50. The van der Waals surface area contributed by atoms with Gasteiger partial charge >= 0.3 is 0 Å². The number of ketones is 1. The number of carbonyl (C=O) groups is 2. The molecule has 3 atom stereocenters. The molecule has 1 amide bonds. The minimum atomic E-state index is -1.22. The normalized spacial score (nSPS) is 13.5. The predicted molar refractivity (Wildman–Crippen MR) is 161 cm³/mol. The molecule has 2 unspecified atom stereocenters. The van der Waals surface area contributed by atoms with Gasteiger partial charge in [0, 0.05) is 40.5 Å². The minimum Gasteiger partial charge on any atom is -0.376 e. The molecule has 5 rings (SSSR count). The maximum absolute atomic E-state index is 14.3. The lowest BCUT2D eigenvalue weighted by Crippen LogP contribution is -2.40. The summed E-state index contributed by atoms with van der Waals surface area (Å²) in [4.78, 5) is 28.9. The van der Waals surface area contributed by atoms with Crippen LogP contribution in [0, 0.1) is 17.5 Å². The number of hydrogen-bond acceptors (Lipinski definition) is 5. The van der Waals surface area contributed by atoms with E-state index in [1.165, 1.54) is 37.4 Å². The van der Waals surface area contributed by atoms with E-state index in [9.17, 15) is 27.9 Å². The number of para-hydroxylation sites is 1. The molecule has 0 aliphatic rings. The number of primary amides is 1. The van der Waals surface area contributed by atoms with E-state index in [0.717, 1.165) is 23.0 Å². The summed E-state index contributed by atoms with van der Waals surface area (Å²) in [5.74, 6) is -3.35. The summed E-state index contributed by atoms with van der Waals surface area (Å²) in [6, 6.07) is 16.5. The van der Waals surface area contributed by atoms with Gasteiger partial charge in [-0.3, -0.25) is 19.9 Å². The molecule has 0 fully saturated rings. The first-order chi connectivity index (χ1) is 21.1. The van der Waals surface area contributed by atoms with E-state index in [1.807, 2.05) is 35.8 Å². The molecule has 0 aliphatic heterocycles. The molecule has 4 N–H and O–H groups in total. The van der Waals surface area contributed by atoms with Crippen molar-refractivity contribution in [3.8, 4) is 11.1 Å². The van der Waals surface area contributed by atoms with E-state index in [0.29, 0.717) is 34.4 Å². The van der Waals surface area contributed by atoms with Crippen LogP contribution in [0.2, 0.25) is 0 Å². The number of Topliss-reactive ketones (excluding diaryl/α,β-unsaturated/α-hetero) is 1. The maximum atomic E-state index is 14.3. The van der Waals surface area contributed by atoms with Crippen molar-refractivity contribution in [1.82, 2.24) is 14.9 Å². The minimum absolute atomic E-state index is 0.0151. The fourth-order valence-corrected chi connectivity index (χ4v) is 5.67. The van der Waals surface area contributed by atoms with E-state index in [-0.39, 0.29) is 17.8 Å². The van der Waals surface area contributed by atoms with Crippen molar-refractivity contribution in [2.75, 3.05) is 0 Å². The van der Waals surface area contributed by atoms with Crippen LogP contribution in [0.4, 0.5) is 13.2 Å². The van der Waals surface area contributed by atoms with Gasteiger partial charge in [0.25, 0.3) is 5.91 Å². The summed E-state index contributed by atoms with van der Waals surface area (Å²) in [5.41, 5.74) is 7.98. The van der Waals surface area contributed by atoms with Gasteiger partial charge in [-0.25, -0.2) is 13.2 Å². The number of nitrogens with two attached hydrogens (primary N) is 1. The zero-order valence-electron chi connectivity index (χ0n) is 24.1. The molecule has 7 nitrogen and oxygen atoms in total. The number of rotatable bonds is 11. The molecule has 0 saturated carbocycles. The van der Waals surface area contributed by atoms with Gasteiger partial charge in [-0.05, 0) is 67.3 Å². The molecule has 2 heterocycles. The number of carbonyl (C=O) groups excluding carboxylic acids is 2. The smallest absolute Gasteiger partial charge is 0.251 e. The van der Waals surface area contributed by atoms with E-state index < -0.39 is 41.7 Å². The van der Waals surface area contributed by atoms with Gasteiger partial charge in [0.1, 0.15) is 23.7 Å². The van der Waals surface area contributed by atoms with Crippen molar-refractivity contribution in [2.45, 2.75) is 45.0 Å². The fraction of sp³-hybridized carbons (Fsp3) is 0.206. The summed E-state index contributed by atoms with van der Waals surface area (Å²) in [7, 11) is 0. The highest BCUT2D eigenvalue weighted by atomic mass is 19.1. The van der Waals surface area contributed by atoms with Crippen LogP contribution in [0.3, 0.4) is 0 Å². The van der Waals surface area contributed by atoms with Crippen LogP contribution >= 0.6 is 0 Å². The summed E-state index contributed by atoms with van der Waals surface area (Å²) < 4.78 is 44.6. The average molecular weight is 601 g/mol. The zero-order chi connectivity index (χ0) is 31.5. The van der Waals surface area contributed by atoms with Crippen LogP contribution in [0.25, 0.3) is 22.0 Å². The molecule has 0 aliphatic carbocycles. The van der Waals surface area contributed by atoms with Crippen LogP contribution < -0.4 is 11.1 Å². The van der Waals surface area contributed by atoms with Crippen LogP contribution in [-0.2, 0) is 6.42 Å². The molecule has 44 heavy (non-hydrogen) atoms. The van der Waals surface area contributed by atoms with Crippen molar-refractivity contribution in [3.63, 3.8) is 0 Å². The van der Waals surface area contributed by atoms with Gasteiger partial charge in [0.15, 0.2) is 5.78 Å². The third-order valence-corrected chi connectivity index (χ3v) is 7.71. The SMILES string of the molecule is CCC(C(O)N[C@@H](Cc1cc(F)cc(F)c1)c1ncccc1-c1ccc(F)c(C(N)=O)c1)n1cc(C(C)=O)c2ccccc21. The Morgan fingerprint density at radius 2 is 1.70 bits per heavy atom. The number of nitrogens with one attached hydrogen (secondary N) is 1. The van der Waals surface area contributed by atoms with Crippen molar-refractivity contribution >= 4 is 22.6 Å². The van der Waals surface area contributed by atoms with E-state index >= 15 is 0 Å². The maximum Gasteiger partial charge on any atom is 0.251 e. The lowest BCUT2D eigenvalue weighted by atomic mass is 9.94. The third kappa shape index (κ3) is 6.27. The Bertz CT molecular complexity index is 1840. The van der Waals surface area contributed by atoms with Gasteiger partial charge in [-0.1, -0.05) is 37.3 Å². The molecule has 0 radical (unpaired) electrons.